The molecule has 0 spiro atoms. The number of hydrogen-bond acceptors (Lipinski definition) is 3. The highest BCUT2D eigenvalue weighted by Crippen LogP contribution is 2.33. The van der Waals surface area contributed by atoms with Crippen molar-refractivity contribution in [1.82, 2.24) is 4.90 Å². The zero-order valence-electron chi connectivity index (χ0n) is 10.9. The van der Waals surface area contributed by atoms with Crippen LogP contribution in [-0.4, -0.2) is 30.2 Å². The van der Waals surface area contributed by atoms with Gasteiger partial charge in [-0.25, -0.2) is 0 Å². The summed E-state index contributed by atoms with van der Waals surface area (Å²) in [4.78, 5) is 2.48. The van der Waals surface area contributed by atoms with E-state index in [0.29, 0.717) is 5.75 Å². The summed E-state index contributed by atoms with van der Waals surface area (Å²) in [5.41, 5.74) is 1.21. The maximum atomic E-state index is 9.82. The summed E-state index contributed by atoms with van der Waals surface area (Å²) in [6.45, 7) is 5.59. The second-order valence-electron chi connectivity index (χ2n) is 5.11. The number of phenols is 1. The topological polar surface area (TPSA) is 32.7 Å². The molecule has 1 aliphatic rings. The predicted octanol–water partition coefficient (Wildman–Crippen LogP) is 3.24. The average Bonchev–Trinajstić information content (AvgIpc) is 2.33. The van der Waals surface area contributed by atoms with E-state index in [1.165, 1.54) is 31.5 Å². The molecule has 0 aliphatic carbocycles. The summed E-state index contributed by atoms with van der Waals surface area (Å²) in [7, 11) is 1.60. The van der Waals surface area contributed by atoms with E-state index >= 15 is 0 Å². The minimum atomic E-state index is 0.244. The SMILES string of the molecule is COc1cc(CN2CCC[C@H](C)C2)cc(I)c1O. The average molecular weight is 361 g/mol. The first-order chi connectivity index (χ1) is 8.60. The van der Waals surface area contributed by atoms with E-state index in [4.69, 9.17) is 4.74 Å². The van der Waals surface area contributed by atoms with Crippen LogP contribution in [0.2, 0.25) is 0 Å². The summed E-state index contributed by atoms with van der Waals surface area (Å²) >= 11 is 2.15. The van der Waals surface area contributed by atoms with Gasteiger partial charge < -0.3 is 9.84 Å². The molecule has 2 rings (SSSR count). The molecule has 100 valence electrons. The van der Waals surface area contributed by atoms with Gasteiger partial charge in [0.15, 0.2) is 11.5 Å². The molecule has 1 aliphatic heterocycles. The number of nitrogens with zero attached hydrogens (tertiary/aromatic N) is 1. The lowest BCUT2D eigenvalue weighted by Gasteiger charge is -2.31. The summed E-state index contributed by atoms with van der Waals surface area (Å²) in [6, 6.07) is 3.98. The lowest BCUT2D eigenvalue weighted by molar-refractivity contribution is 0.176. The molecule has 1 N–H and O–H groups in total. The van der Waals surface area contributed by atoms with Gasteiger partial charge in [-0.2, -0.15) is 0 Å². The van der Waals surface area contributed by atoms with Gasteiger partial charge in [-0.3, -0.25) is 4.90 Å². The first-order valence-electron chi connectivity index (χ1n) is 6.38. The Balaban J connectivity index is 2.11. The van der Waals surface area contributed by atoms with Crippen molar-refractivity contribution in [2.75, 3.05) is 20.2 Å². The Morgan fingerprint density at radius 2 is 2.28 bits per heavy atom. The van der Waals surface area contributed by atoms with Crippen molar-refractivity contribution in [3.8, 4) is 11.5 Å². The van der Waals surface area contributed by atoms with Crippen molar-refractivity contribution in [3.05, 3.63) is 21.3 Å². The first-order valence-corrected chi connectivity index (χ1v) is 7.45. The van der Waals surface area contributed by atoms with Crippen LogP contribution in [0.1, 0.15) is 25.3 Å². The third kappa shape index (κ3) is 3.29. The number of aromatic hydroxyl groups is 1. The van der Waals surface area contributed by atoms with Gasteiger partial charge in [-0.15, -0.1) is 0 Å². The van der Waals surface area contributed by atoms with Crippen LogP contribution in [0.25, 0.3) is 0 Å². The van der Waals surface area contributed by atoms with E-state index in [9.17, 15) is 5.11 Å². The molecule has 0 unspecified atom stereocenters. The Bertz CT molecular complexity index is 423. The minimum absolute atomic E-state index is 0.244. The van der Waals surface area contributed by atoms with Gasteiger partial charge in [-0.1, -0.05) is 6.92 Å². The Hall–Kier alpha value is -0.490. The van der Waals surface area contributed by atoms with Gasteiger partial charge >= 0.3 is 0 Å². The van der Waals surface area contributed by atoms with E-state index in [1.54, 1.807) is 7.11 Å². The molecule has 1 saturated heterocycles. The second kappa shape index (κ2) is 6.10. The summed E-state index contributed by atoms with van der Waals surface area (Å²) in [5.74, 6) is 1.60. The molecule has 1 fully saturated rings. The first kappa shape index (κ1) is 13.9. The Kier molecular flexibility index (Phi) is 4.72. The molecule has 0 aromatic heterocycles. The molecule has 0 amide bonds. The molecule has 0 saturated carbocycles. The summed E-state index contributed by atoms with van der Waals surface area (Å²) in [6.07, 6.45) is 2.63. The number of likely N-dealkylation sites (tertiary alicyclic amines) is 1. The number of hydrogen-bond donors (Lipinski definition) is 1. The van der Waals surface area contributed by atoms with Crippen molar-refractivity contribution in [2.24, 2.45) is 5.92 Å². The molecule has 1 heterocycles. The second-order valence-corrected chi connectivity index (χ2v) is 6.27. The Morgan fingerprint density at radius 1 is 1.50 bits per heavy atom. The normalized spacial score (nSPS) is 20.9. The van der Waals surface area contributed by atoms with E-state index in [-0.39, 0.29) is 5.75 Å². The third-order valence-corrected chi connectivity index (χ3v) is 4.28. The van der Waals surface area contributed by atoms with Crippen molar-refractivity contribution < 1.29 is 9.84 Å². The zero-order valence-corrected chi connectivity index (χ0v) is 13.1. The molecule has 1 aromatic rings. The maximum absolute atomic E-state index is 9.82. The number of benzene rings is 1. The molecule has 4 heteroatoms. The van der Waals surface area contributed by atoms with E-state index in [1.807, 2.05) is 12.1 Å². The van der Waals surface area contributed by atoms with Crippen LogP contribution < -0.4 is 4.74 Å². The highest BCUT2D eigenvalue weighted by atomic mass is 127. The van der Waals surface area contributed by atoms with Crippen LogP contribution >= 0.6 is 22.6 Å². The monoisotopic (exact) mass is 361 g/mol. The number of phenolic OH excluding ortho intramolecular Hbond substituents is 1. The number of rotatable bonds is 3. The lowest BCUT2D eigenvalue weighted by Crippen LogP contribution is -2.33. The van der Waals surface area contributed by atoms with Crippen LogP contribution in [0.15, 0.2) is 12.1 Å². The van der Waals surface area contributed by atoms with Crippen LogP contribution in [0.5, 0.6) is 11.5 Å². The fourth-order valence-electron chi connectivity index (χ4n) is 2.56. The smallest absolute Gasteiger partial charge is 0.171 e. The molecule has 3 nitrogen and oxygen atoms in total. The fraction of sp³-hybridized carbons (Fsp3) is 0.571. The van der Waals surface area contributed by atoms with Crippen molar-refractivity contribution in [1.29, 1.82) is 0 Å². The maximum Gasteiger partial charge on any atom is 0.171 e. The highest BCUT2D eigenvalue weighted by molar-refractivity contribution is 14.1. The summed E-state index contributed by atoms with van der Waals surface area (Å²) in [5, 5.41) is 9.82. The molecular weight excluding hydrogens is 341 g/mol. The van der Waals surface area contributed by atoms with Gasteiger partial charge in [0.2, 0.25) is 0 Å². The summed E-state index contributed by atoms with van der Waals surface area (Å²) < 4.78 is 6.06. The predicted molar refractivity (Wildman–Crippen MR) is 81.1 cm³/mol. The minimum Gasteiger partial charge on any atom is -0.504 e. The van der Waals surface area contributed by atoms with Crippen LogP contribution in [0, 0.1) is 9.49 Å². The number of halogens is 1. The number of piperidine rings is 1. The lowest BCUT2D eigenvalue weighted by atomic mass is 10.00. The van der Waals surface area contributed by atoms with Crippen molar-refractivity contribution in [3.63, 3.8) is 0 Å². The van der Waals surface area contributed by atoms with Crippen LogP contribution in [0.3, 0.4) is 0 Å². The van der Waals surface area contributed by atoms with E-state index < -0.39 is 0 Å². The van der Waals surface area contributed by atoms with E-state index in [2.05, 4.69) is 34.4 Å². The van der Waals surface area contributed by atoms with Gasteiger partial charge in [0.1, 0.15) is 0 Å². The fourth-order valence-corrected chi connectivity index (χ4v) is 3.23. The zero-order chi connectivity index (χ0) is 13.1. The van der Waals surface area contributed by atoms with Crippen LogP contribution in [0.4, 0.5) is 0 Å². The highest BCUT2D eigenvalue weighted by Gasteiger charge is 2.17. The van der Waals surface area contributed by atoms with Crippen molar-refractivity contribution in [2.45, 2.75) is 26.3 Å². The standard InChI is InChI=1S/C14H20INO2/c1-10-4-3-5-16(8-10)9-11-6-12(15)14(17)13(7-11)18-2/h6-7,10,17H,3-5,8-9H2,1-2H3/t10-/m0/s1. The van der Waals surface area contributed by atoms with Crippen molar-refractivity contribution >= 4 is 22.6 Å². The Labute approximate surface area is 122 Å². The van der Waals surface area contributed by atoms with Gasteiger partial charge in [-0.05, 0) is 65.6 Å². The largest absolute Gasteiger partial charge is 0.504 e. The van der Waals surface area contributed by atoms with E-state index in [0.717, 1.165) is 16.0 Å². The quantitative estimate of drug-likeness (QED) is 0.840. The number of ether oxygens (including phenoxy) is 1. The molecule has 0 bridgehead atoms. The van der Waals surface area contributed by atoms with Gasteiger partial charge in [0.05, 0.1) is 10.7 Å². The van der Waals surface area contributed by atoms with Gasteiger partial charge in [0.25, 0.3) is 0 Å². The molecular formula is C14H20INO2. The molecule has 18 heavy (non-hydrogen) atoms. The van der Waals surface area contributed by atoms with Gasteiger partial charge in [0, 0.05) is 13.1 Å². The Morgan fingerprint density at radius 3 is 2.94 bits per heavy atom. The van der Waals surface area contributed by atoms with Crippen LogP contribution in [-0.2, 0) is 6.54 Å². The molecule has 1 aromatic carbocycles. The third-order valence-electron chi connectivity index (χ3n) is 3.46. The molecule has 0 radical (unpaired) electrons. The number of methoxy groups -OCH3 is 1. The molecule has 1 atom stereocenters.